The second kappa shape index (κ2) is 10.4. The first-order chi connectivity index (χ1) is 17.3. The number of esters is 1. The highest BCUT2D eigenvalue weighted by Gasteiger charge is 2.33. The van der Waals surface area contributed by atoms with E-state index < -0.39 is 12.0 Å². The number of fused-ring (bicyclic) bond motifs is 1. The van der Waals surface area contributed by atoms with Gasteiger partial charge in [-0.3, -0.25) is 9.36 Å². The number of aromatic nitrogens is 1. The second-order valence-electron chi connectivity index (χ2n) is 8.42. The van der Waals surface area contributed by atoms with E-state index in [0.29, 0.717) is 37.9 Å². The van der Waals surface area contributed by atoms with E-state index >= 15 is 0 Å². The third-order valence-electron chi connectivity index (χ3n) is 5.74. The van der Waals surface area contributed by atoms with Crippen molar-refractivity contribution in [3.8, 4) is 17.2 Å². The van der Waals surface area contributed by atoms with Crippen LogP contribution >= 0.6 is 11.3 Å². The van der Waals surface area contributed by atoms with Gasteiger partial charge in [0.05, 0.1) is 49.3 Å². The Hall–Kier alpha value is -3.85. The van der Waals surface area contributed by atoms with Gasteiger partial charge in [0.1, 0.15) is 17.2 Å². The highest BCUT2D eigenvalue weighted by atomic mass is 32.1. The Balaban J connectivity index is 1.93. The van der Waals surface area contributed by atoms with Gasteiger partial charge >= 0.3 is 5.97 Å². The Morgan fingerprint density at radius 1 is 1.03 bits per heavy atom. The van der Waals surface area contributed by atoms with Gasteiger partial charge in [-0.2, -0.15) is 0 Å². The van der Waals surface area contributed by atoms with Gasteiger partial charge in [-0.05, 0) is 56.7 Å². The predicted molar refractivity (Wildman–Crippen MR) is 138 cm³/mol. The van der Waals surface area contributed by atoms with Gasteiger partial charge in [0.2, 0.25) is 0 Å². The standard InChI is InChI=1S/C27H28N2O6S/c1-15(2)35-26(31)23-16(3)28-27-29(24(23)17-7-10-19(32-4)11-8-17)25(30)22(36-27)13-18-9-12-20(33-5)14-21(18)34-6/h7-15,24H,1-6H3/b22-13+/t24-/m0/s1. The molecule has 3 aromatic rings. The first-order valence-corrected chi connectivity index (χ1v) is 12.2. The summed E-state index contributed by atoms with van der Waals surface area (Å²) in [5, 5.41) is 0. The summed E-state index contributed by atoms with van der Waals surface area (Å²) in [5.41, 5.74) is 2.04. The van der Waals surface area contributed by atoms with E-state index in [9.17, 15) is 9.59 Å². The molecule has 0 fully saturated rings. The molecule has 1 aliphatic heterocycles. The molecule has 0 N–H and O–H groups in total. The smallest absolute Gasteiger partial charge is 0.338 e. The Labute approximate surface area is 212 Å². The van der Waals surface area contributed by atoms with E-state index in [4.69, 9.17) is 18.9 Å². The number of nitrogens with zero attached hydrogens (tertiary/aromatic N) is 2. The van der Waals surface area contributed by atoms with Crippen LogP contribution in [0, 0.1) is 0 Å². The largest absolute Gasteiger partial charge is 0.497 e. The van der Waals surface area contributed by atoms with Crippen LogP contribution in [-0.4, -0.2) is 38.0 Å². The average molecular weight is 509 g/mol. The fourth-order valence-corrected chi connectivity index (χ4v) is 5.08. The molecule has 1 aromatic heterocycles. The summed E-state index contributed by atoms with van der Waals surface area (Å²) in [4.78, 5) is 32.1. The lowest BCUT2D eigenvalue weighted by Crippen LogP contribution is -2.40. The van der Waals surface area contributed by atoms with Gasteiger partial charge in [-0.15, -0.1) is 0 Å². The summed E-state index contributed by atoms with van der Waals surface area (Å²) in [7, 11) is 4.73. The molecule has 8 nitrogen and oxygen atoms in total. The van der Waals surface area contributed by atoms with Crippen molar-refractivity contribution in [3.63, 3.8) is 0 Å². The molecule has 0 radical (unpaired) electrons. The van der Waals surface area contributed by atoms with Gasteiger partial charge in [0, 0.05) is 11.6 Å². The van der Waals surface area contributed by atoms with Crippen LogP contribution in [0.3, 0.4) is 0 Å². The topological polar surface area (TPSA) is 88.4 Å². The van der Waals surface area contributed by atoms with Crippen LogP contribution < -0.4 is 29.1 Å². The molecule has 188 valence electrons. The Kier molecular flexibility index (Phi) is 7.30. The van der Waals surface area contributed by atoms with E-state index in [1.807, 2.05) is 18.2 Å². The van der Waals surface area contributed by atoms with Crippen LogP contribution in [0.15, 0.2) is 63.5 Å². The monoisotopic (exact) mass is 508 g/mol. The van der Waals surface area contributed by atoms with Crippen molar-refractivity contribution >= 4 is 23.4 Å². The Morgan fingerprint density at radius 3 is 2.31 bits per heavy atom. The molecule has 0 aliphatic carbocycles. The minimum atomic E-state index is -0.696. The zero-order chi connectivity index (χ0) is 26.0. The lowest BCUT2D eigenvalue weighted by molar-refractivity contribution is -0.143. The maximum atomic E-state index is 13.8. The highest BCUT2D eigenvalue weighted by Crippen LogP contribution is 2.32. The van der Waals surface area contributed by atoms with Crippen molar-refractivity contribution in [2.24, 2.45) is 4.99 Å². The third kappa shape index (κ3) is 4.79. The Morgan fingerprint density at radius 2 is 1.69 bits per heavy atom. The molecule has 2 aromatic carbocycles. The molecular formula is C27H28N2O6S. The van der Waals surface area contributed by atoms with E-state index in [1.165, 1.54) is 11.3 Å². The fraction of sp³-hybridized carbons (Fsp3) is 0.296. The van der Waals surface area contributed by atoms with Crippen LogP contribution in [-0.2, 0) is 9.53 Å². The molecular weight excluding hydrogens is 480 g/mol. The molecule has 36 heavy (non-hydrogen) atoms. The summed E-state index contributed by atoms with van der Waals surface area (Å²) < 4.78 is 23.6. The van der Waals surface area contributed by atoms with Gasteiger partial charge < -0.3 is 18.9 Å². The molecule has 0 saturated heterocycles. The Bertz CT molecular complexity index is 1500. The third-order valence-corrected chi connectivity index (χ3v) is 6.73. The molecule has 1 aliphatic rings. The summed E-state index contributed by atoms with van der Waals surface area (Å²) >= 11 is 1.25. The number of methoxy groups -OCH3 is 3. The average Bonchev–Trinajstić information content (AvgIpc) is 3.17. The van der Waals surface area contributed by atoms with E-state index in [0.717, 1.165) is 11.1 Å². The lowest BCUT2D eigenvalue weighted by Gasteiger charge is -2.25. The lowest BCUT2D eigenvalue weighted by atomic mass is 9.96. The molecule has 0 unspecified atom stereocenters. The molecule has 0 spiro atoms. The van der Waals surface area contributed by atoms with Crippen molar-refractivity contribution in [1.29, 1.82) is 0 Å². The summed E-state index contributed by atoms with van der Waals surface area (Å²) in [6.07, 6.45) is 1.44. The van der Waals surface area contributed by atoms with E-state index in [1.54, 1.807) is 77.0 Å². The zero-order valence-corrected chi connectivity index (χ0v) is 21.8. The van der Waals surface area contributed by atoms with Crippen LogP contribution in [0.1, 0.15) is 37.9 Å². The van der Waals surface area contributed by atoms with Crippen molar-refractivity contribution in [1.82, 2.24) is 4.57 Å². The van der Waals surface area contributed by atoms with Gasteiger partial charge in [-0.1, -0.05) is 23.5 Å². The van der Waals surface area contributed by atoms with Crippen LogP contribution in [0.25, 0.3) is 6.08 Å². The molecule has 0 saturated carbocycles. The number of carbonyl (C=O) groups is 1. The summed E-state index contributed by atoms with van der Waals surface area (Å²) in [5.74, 6) is 1.39. The summed E-state index contributed by atoms with van der Waals surface area (Å²) in [6.45, 7) is 5.33. The molecule has 9 heteroatoms. The number of allylic oxidation sites excluding steroid dienone is 1. The quantitative estimate of drug-likeness (QED) is 0.456. The number of ether oxygens (including phenoxy) is 4. The van der Waals surface area contributed by atoms with E-state index in [-0.39, 0.29) is 11.7 Å². The van der Waals surface area contributed by atoms with Crippen LogP contribution in [0.4, 0.5) is 0 Å². The van der Waals surface area contributed by atoms with Crippen molar-refractivity contribution in [3.05, 3.63) is 84.5 Å². The predicted octanol–water partition coefficient (Wildman–Crippen LogP) is 3.21. The zero-order valence-electron chi connectivity index (χ0n) is 21.0. The molecule has 1 atom stereocenters. The van der Waals surface area contributed by atoms with Gasteiger partial charge in [0.15, 0.2) is 4.80 Å². The van der Waals surface area contributed by atoms with Crippen molar-refractivity contribution in [2.75, 3.05) is 21.3 Å². The number of carbonyl (C=O) groups excluding carboxylic acids is 1. The minimum Gasteiger partial charge on any atom is -0.497 e. The summed E-state index contributed by atoms with van der Waals surface area (Å²) in [6, 6.07) is 12.0. The maximum absolute atomic E-state index is 13.8. The van der Waals surface area contributed by atoms with Gasteiger partial charge in [0.25, 0.3) is 5.56 Å². The second-order valence-corrected chi connectivity index (χ2v) is 9.43. The SMILES string of the molecule is COc1ccc([C@H]2C(C(=O)OC(C)C)=C(C)N=c3s/c(=C/c4ccc(OC)cc4OC)c(=O)n32)cc1. The van der Waals surface area contributed by atoms with Crippen molar-refractivity contribution in [2.45, 2.75) is 32.9 Å². The normalized spacial score (nSPS) is 15.4. The highest BCUT2D eigenvalue weighted by molar-refractivity contribution is 7.07. The molecule has 0 bridgehead atoms. The van der Waals surface area contributed by atoms with E-state index in [2.05, 4.69) is 4.99 Å². The first-order valence-electron chi connectivity index (χ1n) is 11.4. The van der Waals surface area contributed by atoms with Crippen molar-refractivity contribution < 1.29 is 23.7 Å². The number of hydrogen-bond donors (Lipinski definition) is 0. The number of thiazole rings is 1. The number of rotatable bonds is 7. The maximum Gasteiger partial charge on any atom is 0.338 e. The van der Waals surface area contributed by atoms with Gasteiger partial charge in [-0.25, -0.2) is 9.79 Å². The molecule has 2 heterocycles. The number of hydrogen-bond acceptors (Lipinski definition) is 8. The molecule has 0 amide bonds. The molecule has 4 rings (SSSR count). The van der Waals surface area contributed by atoms with Crippen LogP contribution in [0.2, 0.25) is 0 Å². The number of benzene rings is 2. The minimum absolute atomic E-state index is 0.264. The fourth-order valence-electron chi connectivity index (χ4n) is 4.04. The first kappa shape index (κ1) is 25.2. The van der Waals surface area contributed by atoms with Crippen LogP contribution in [0.5, 0.6) is 17.2 Å².